The lowest BCUT2D eigenvalue weighted by Gasteiger charge is -2.13. The SMILES string of the molecule is CCOOC(=O)C=Cc1ccc(N(C)C)cc1C. The highest BCUT2D eigenvalue weighted by molar-refractivity contribution is 5.87. The normalized spacial score (nSPS) is 10.7. The highest BCUT2D eigenvalue weighted by Crippen LogP contribution is 2.18. The van der Waals surface area contributed by atoms with E-state index in [2.05, 4.69) is 15.8 Å². The molecule has 0 N–H and O–H groups in total. The first-order valence-electron chi connectivity index (χ1n) is 5.84. The van der Waals surface area contributed by atoms with Gasteiger partial charge in [0.25, 0.3) is 0 Å². The molecule has 0 heterocycles. The Morgan fingerprint density at radius 1 is 1.39 bits per heavy atom. The van der Waals surface area contributed by atoms with Gasteiger partial charge in [-0.1, -0.05) is 6.07 Å². The second-order valence-corrected chi connectivity index (χ2v) is 4.08. The molecule has 4 nitrogen and oxygen atoms in total. The summed E-state index contributed by atoms with van der Waals surface area (Å²) in [5.41, 5.74) is 3.21. The number of carbonyl (C=O) groups is 1. The zero-order chi connectivity index (χ0) is 13.5. The van der Waals surface area contributed by atoms with Crippen LogP contribution in [-0.2, 0) is 14.6 Å². The lowest BCUT2D eigenvalue weighted by Crippen LogP contribution is -2.08. The predicted molar refractivity (Wildman–Crippen MR) is 72.3 cm³/mol. The van der Waals surface area contributed by atoms with E-state index in [9.17, 15) is 4.79 Å². The van der Waals surface area contributed by atoms with Crippen LogP contribution >= 0.6 is 0 Å². The summed E-state index contributed by atoms with van der Waals surface area (Å²) in [6.07, 6.45) is 3.07. The van der Waals surface area contributed by atoms with Crippen molar-refractivity contribution in [1.82, 2.24) is 0 Å². The second kappa shape index (κ2) is 6.81. The molecule has 0 saturated heterocycles. The molecule has 0 aliphatic rings. The highest BCUT2D eigenvalue weighted by Gasteiger charge is 2.01. The summed E-state index contributed by atoms with van der Waals surface area (Å²) in [6.45, 7) is 4.10. The van der Waals surface area contributed by atoms with Gasteiger partial charge in [-0.25, -0.2) is 4.79 Å². The minimum atomic E-state index is -0.507. The van der Waals surface area contributed by atoms with Crippen molar-refractivity contribution in [2.45, 2.75) is 13.8 Å². The maximum atomic E-state index is 11.2. The van der Waals surface area contributed by atoms with Gasteiger partial charge in [-0.15, -0.1) is 0 Å². The van der Waals surface area contributed by atoms with Crippen LogP contribution < -0.4 is 4.90 Å². The van der Waals surface area contributed by atoms with Gasteiger partial charge in [-0.3, -0.25) is 4.89 Å². The van der Waals surface area contributed by atoms with Gasteiger partial charge in [0, 0.05) is 25.9 Å². The molecule has 1 rings (SSSR count). The minimum Gasteiger partial charge on any atom is -0.378 e. The first kappa shape index (κ1) is 14.3. The summed E-state index contributed by atoms with van der Waals surface area (Å²) < 4.78 is 0. The lowest BCUT2D eigenvalue weighted by atomic mass is 10.1. The molecule has 0 amide bonds. The van der Waals surface area contributed by atoms with Gasteiger partial charge < -0.3 is 4.90 Å². The first-order valence-corrected chi connectivity index (χ1v) is 5.84. The van der Waals surface area contributed by atoms with Crippen LogP contribution in [0.4, 0.5) is 5.69 Å². The molecule has 4 heteroatoms. The van der Waals surface area contributed by atoms with Crippen LogP contribution in [0.3, 0.4) is 0 Å². The maximum absolute atomic E-state index is 11.2. The fourth-order valence-electron chi connectivity index (χ4n) is 1.43. The van der Waals surface area contributed by atoms with Crippen LogP contribution in [-0.4, -0.2) is 26.7 Å². The third-order valence-corrected chi connectivity index (χ3v) is 2.43. The third kappa shape index (κ3) is 4.22. The number of carbonyl (C=O) groups excluding carboxylic acids is 1. The maximum Gasteiger partial charge on any atom is 0.365 e. The van der Waals surface area contributed by atoms with Crippen LogP contribution in [0.15, 0.2) is 24.3 Å². The quantitative estimate of drug-likeness (QED) is 0.457. The fourth-order valence-corrected chi connectivity index (χ4v) is 1.43. The van der Waals surface area contributed by atoms with Crippen molar-refractivity contribution < 1.29 is 14.6 Å². The number of nitrogens with zero attached hydrogens (tertiary/aromatic N) is 1. The Morgan fingerprint density at radius 2 is 2.11 bits per heavy atom. The predicted octanol–water partition coefficient (Wildman–Crippen LogP) is 2.57. The van der Waals surface area contributed by atoms with E-state index < -0.39 is 5.97 Å². The summed E-state index contributed by atoms with van der Waals surface area (Å²) in [4.78, 5) is 22.3. The standard InChI is InChI=1S/C14H19NO3/c1-5-17-18-14(16)9-7-12-6-8-13(15(3)4)10-11(12)2/h6-10H,5H2,1-4H3. The summed E-state index contributed by atoms with van der Waals surface area (Å²) in [5, 5.41) is 0. The molecular weight excluding hydrogens is 230 g/mol. The highest BCUT2D eigenvalue weighted by atomic mass is 17.2. The Kier molecular flexibility index (Phi) is 5.39. The topological polar surface area (TPSA) is 38.8 Å². The van der Waals surface area contributed by atoms with E-state index in [1.165, 1.54) is 6.08 Å². The molecule has 0 aliphatic heterocycles. The van der Waals surface area contributed by atoms with Gasteiger partial charge in [0.2, 0.25) is 0 Å². The van der Waals surface area contributed by atoms with Gasteiger partial charge in [0.05, 0.1) is 6.61 Å². The van der Waals surface area contributed by atoms with E-state index in [0.29, 0.717) is 6.61 Å². The molecule has 1 aromatic rings. The molecule has 0 spiro atoms. The number of benzene rings is 1. The smallest absolute Gasteiger partial charge is 0.365 e. The van der Waals surface area contributed by atoms with Crippen molar-refractivity contribution in [2.75, 3.05) is 25.6 Å². The van der Waals surface area contributed by atoms with Gasteiger partial charge in [0.1, 0.15) is 0 Å². The van der Waals surface area contributed by atoms with Crippen molar-refractivity contribution in [1.29, 1.82) is 0 Å². The molecule has 0 aromatic heterocycles. The van der Waals surface area contributed by atoms with Gasteiger partial charge in [0.15, 0.2) is 0 Å². The molecule has 0 unspecified atom stereocenters. The Morgan fingerprint density at radius 3 is 2.67 bits per heavy atom. The summed E-state index contributed by atoms with van der Waals surface area (Å²) in [5.74, 6) is -0.507. The summed E-state index contributed by atoms with van der Waals surface area (Å²) >= 11 is 0. The first-order chi connectivity index (χ1) is 8.54. The summed E-state index contributed by atoms with van der Waals surface area (Å²) in [7, 11) is 3.98. The van der Waals surface area contributed by atoms with E-state index in [1.807, 2.05) is 38.1 Å². The lowest BCUT2D eigenvalue weighted by molar-refractivity contribution is -0.264. The Labute approximate surface area is 108 Å². The van der Waals surface area contributed by atoms with Gasteiger partial charge >= 0.3 is 5.97 Å². The molecule has 1 aromatic carbocycles. The molecule has 98 valence electrons. The summed E-state index contributed by atoms with van der Waals surface area (Å²) in [6, 6.07) is 6.03. The van der Waals surface area contributed by atoms with E-state index >= 15 is 0 Å². The number of anilines is 1. The molecule has 0 radical (unpaired) electrons. The van der Waals surface area contributed by atoms with E-state index in [1.54, 1.807) is 13.0 Å². The van der Waals surface area contributed by atoms with E-state index in [4.69, 9.17) is 0 Å². The number of rotatable bonds is 5. The van der Waals surface area contributed by atoms with Crippen molar-refractivity contribution >= 4 is 17.7 Å². The molecule has 18 heavy (non-hydrogen) atoms. The van der Waals surface area contributed by atoms with Crippen LogP contribution in [0.5, 0.6) is 0 Å². The largest absolute Gasteiger partial charge is 0.378 e. The average Bonchev–Trinajstić information content (AvgIpc) is 2.34. The van der Waals surface area contributed by atoms with Crippen molar-refractivity contribution in [2.24, 2.45) is 0 Å². The number of hydrogen-bond acceptors (Lipinski definition) is 4. The molecular formula is C14H19NO3. The molecule has 0 bridgehead atoms. The Hall–Kier alpha value is -1.81. The van der Waals surface area contributed by atoms with Crippen molar-refractivity contribution in [3.63, 3.8) is 0 Å². The van der Waals surface area contributed by atoms with Gasteiger partial charge in [-0.05, 0) is 43.2 Å². The molecule has 0 saturated carbocycles. The zero-order valence-electron chi connectivity index (χ0n) is 11.3. The Balaban J connectivity index is 2.73. The van der Waals surface area contributed by atoms with E-state index in [-0.39, 0.29) is 0 Å². The zero-order valence-corrected chi connectivity index (χ0v) is 11.3. The third-order valence-electron chi connectivity index (χ3n) is 2.43. The van der Waals surface area contributed by atoms with Crippen LogP contribution in [0.1, 0.15) is 18.1 Å². The average molecular weight is 249 g/mol. The molecule has 0 fully saturated rings. The molecule has 0 atom stereocenters. The minimum absolute atomic E-state index is 0.343. The second-order valence-electron chi connectivity index (χ2n) is 4.08. The van der Waals surface area contributed by atoms with E-state index in [0.717, 1.165) is 16.8 Å². The molecule has 0 aliphatic carbocycles. The van der Waals surface area contributed by atoms with Gasteiger partial charge in [-0.2, -0.15) is 4.89 Å². The van der Waals surface area contributed by atoms with Crippen LogP contribution in [0.2, 0.25) is 0 Å². The Bertz CT molecular complexity index is 439. The van der Waals surface area contributed by atoms with Crippen molar-refractivity contribution in [3.05, 3.63) is 35.4 Å². The fraction of sp³-hybridized carbons (Fsp3) is 0.357. The number of aryl methyl sites for hydroxylation is 1. The van der Waals surface area contributed by atoms with Crippen LogP contribution in [0.25, 0.3) is 6.08 Å². The number of hydrogen-bond donors (Lipinski definition) is 0. The van der Waals surface area contributed by atoms with Crippen LogP contribution in [0, 0.1) is 6.92 Å². The monoisotopic (exact) mass is 249 g/mol. The van der Waals surface area contributed by atoms with Crippen molar-refractivity contribution in [3.8, 4) is 0 Å².